The number of fused-ring (bicyclic) bond motifs is 2. The maximum absolute atomic E-state index is 4.38. The molecule has 2 heterocycles. The Balaban J connectivity index is 1.43. The Labute approximate surface area is 230 Å². The molecule has 2 nitrogen and oxygen atoms in total. The van der Waals surface area contributed by atoms with E-state index < -0.39 is 0 Å². The van der Waals surface area contributed by atoms with Crippen molar-refractivity contribution in [3.8, 4) is 11.1 Å². The number of pyridine rings is 1. The van der Waals surface area contributed by atoms with Crippen LogP contribution in [0.15, 0.2) is 138 Å². The van der Waals surface area contributed by atoms with Crippen LogP contribution in [0.1, 0.15) is 25.3 Å². The second kappa shape index (κ2) is 10.1. The molecule has 4 atom stereocenters. The summed E-state index contributed by atoms with van der Waals surface area (Å²) in [6.45, 7) is 2.27. The second-order valence-corrected chi connectivity index (χ2v) is 10.9. The van der Waals surface area contributed by atoms with Crippen LogP contribution in [0.4, 0.5) is 0 Å². The molecule has 0 bridgehead atoms. The molecular weight excluding hydrogens is 472 g/mol. The number of aliphatic imine (C=N–C) groups is 1. The molecule has 0 saturated heterocycles. The molecular formula is C37H32N2. The van der Waals surface area contributed by atoms with E-state index in [1.807, 2.05) is 18.6 Å². The Hall–Kier alpha value is -4.30. The van der Waals surface area contributed by atoms with E-state index in [0.29, 0.717) is 23.7 Å². The highest BCUT2D eigenvalue weighted by Gasteiger charge is 2.33. The monoisotopic (exact) mass is 504 g/mol. The molecule has 7 rings (SSSR count). The van der Waals surface area contributed by atoms with Crippen molar-refractivity contribution in [3.63, 3.8) is 0 Å². The van der Waals surface area contributed by atoms with Gasteiger partial charge in [0, 0.05) is 48.5 Å². The van der Waals surface area contributed by atoms with E-state index in [2.05, 4.69) is 126 Å². The molecule has 3 aromatic rings. The Morgan fingerprint density at radius 3 is 2.26 bits per heavy atom. The van der Waals surface area contributed by atoms with Crippen molar-refractivity contribution in [2.24, 2.45) is 28.7 Å². The summed E-state index contributed by atoms with van der Waals surface area (Å²) >= 11 is 0. The fourth-order valence-corrected chi connectivity index (χ4v) is 6.80. The molecule has 2 heteroatoms. The van der Waals surface area contributed by atoms with Crippen molar-refractivity contribution in [1.29, 1.82) is 0 Å². The smallest absolute Gasteiger partial charge is 0.0273 e. The minimum atomic E-state index is 0.295. The minimum absolute atomic E-state index is 0.295. The lowest BCUT2D eigenvalue weighted by molar-refractivity contribution is 0.620. The van der Waals surface area contributed by atoms with Crippen LogP contribution in [0, 0.1) is 23.7 Å². The van der Waals surface area contributed by atoms with Crippen molar-refractivity contribution in [1.82, 2.24) is 4.98 Å². The number of allylic oxidation sites excluding steroid dienone is 9. The molecule has 4 aliphatic rings. The largest absolute Gasteiger partial charge is 0.269 e. The molecule has 0 N–H and O–H groups in total. The van der Waals surface area contributed by atoms with Gasteiger partial charge in [0.2, 0.25) is 0 Å². The molecule has 0 saturated carbocycles. The van der Waals surface area contributed by atoms with Crippen LogP contribution in [0.25, 0.3) is 22.3 Å². The third kappa shape index (κ3) is 4.30. The van der Waals surface area contributed by atoms with E-state index in [4.69, 9.17) is 0 Å². The standard InChI is InChI=1S/C37H32N2/c1-25-24-39-21-18-31(25)28-9-7-11-30(23-28)37-34-14-4-2-12-32(34)36(33-13-3-5-15-35(33)37)29-10-6-8-27(22-29)26-16-19-38-20-17-26/h2-6,8-10,12-25,31-32,34H,7,11H2,1H3. The fraction of sp³-hybridized carbons (Fsp3) is 0.189. The van der Waals surface area contributed by atoms with Gasteiger partial charge < -0.3 is 0 Å². The third-order valence-corrected chi connectivity index (χ3v) is 8.63. The van der Waals surface area contributed by atoms with Gasteiger partial charge >= 0.3 is 0 Å². The zero-order valence-electron chi connectivity index (χ0n) is 22.2. The van der Waals surface area contributed by atoms with Gasteiger partial charge in [-0.3, -0.25) is 9.98 Å². The predicted molar refractivity (Wildman–Crippen MR) is 162 cm³/mol. The van der Waals surface area contributed by atoms with Gasteiger partial charge in [0.25, 0.3) is 0 Å². The highest BCUT2D eigenvalue weighted by Crippen LogP contribution is 2.43. The Morgan fingerprint density at radius 2 is 1.46 bits per heavy atom. The maximum atomic E-state index is 4.38. The molecule has 1 aromatic heterocycles. The average Bonchev–Trinajstić information content (AvgIpc) is 3.00. The van der Waals surface area contributed by atoms with E-state index in [9.17, 15) is 0 Å². The van der Waals surface area contributed by atoms with Gasteiger partial charge in [-0.1, -0.05) is 91.9 Å². The van der Waals surface area contributed by atoms with Crippen LogP contribution in [-0.2, 0) is 0 Å². The van der Waals surface area contributed by atoms with Crippen molar-refractivity contribution in [2.75, 3.05) is 0 Å². The van der Waals surface area contributed by atoms with E-state index in [0.717, 1.165) is 12.8 Å². The van der Waals surface area contributed by atoms with Gasteiger partial charge in [-0.25, -0.2) is 0 Å². The number of aromatic nitrogens is 1. The number of hydrogen-bond donors (Lipinski definition) is 0. The molecule has 4 unspecified atom stereocenters. The number of nitrogens with zero attached hydrogens (tertiary/aromatic N) is 2. The Bertz CT molecular complexity index is 1730. The third-order valence-electron chi connectivity index (χ3n) is 8.63. The fourth-order valence-electron chi connectivity index (χ4n) is 6.80. The normalized spacial score (nSPS) is 25.2. The quantitative estimate of drug-likeness (QED) is 0.377. The van der Waals surface area contributed by atoms with Crippen molar-refractivity contribution in [2.45, 2.75) is 19.8 Å². The van der Waals surface area contributed by atoms with Crippen molar-refractivity contribution < 1.29 is 0 Å². The summed E-state index contributed by atoms with van der Waals surface area (Å²) < 4.78 is 0. The summed E-state index contributed by atoms with van der Waals surface area (Å²) in [5.74, 6) is 1.42. The first-order valence-corrected chi connectivity index (χ1v) is 14.1. The molecule has 1 aliphatic heterocycles. The van der Waals surface area contributed by atoms with E-state index >= 15 is 0 Å². The summed E-state index contributed by atoms with van der Waals surface area (Å²) in [6, 6.07) is 22.3. The first-order chi connectivity index (χ1) is 19.3. The first kappa shape index (κ1) is 23.8. The summed E-state index contributed by atoms with van der Waals surface area (Å²) in [5.41, 5.74) is 9.56. The summed E-state index contributed by atoms with van der Waals surface area (Å²) in [7, 11) is 0. The molecule has 0 amide bonds. The van der Waals surface area contributed by atoms with Gasteiger partial charge in [-0.2, -0.15) is 0 Å². The molecule has 190 valence electrons. The van der Waals surface area contributed by atoms with Gasteiger partial charge in [-0.05, 0) is 80.5 Å². The summed E-state index contributed by atoms with van der Waals surface area (Å²) in [5, 5.41) is 2.74. The van der Waals surface area contributed by atoms with Crippen molar-refractivity contribution in [3.05, 3.63) is 149 Å². The Morgan fingerprint density at radius 1 is 0.718 bits per heavy atom. The lowest BCUT2D eigenvalue weighted by atomic mass is 9.68. The molecule has 0 radical (unpaired) electrons. The van der Waals surface area contributed by atoms with Crippen LogP contribution in [-0.4, -0.2) is 11.2 Å². The van der Waals surface area contributed by atoms with Crippen LogP contribution in [0.2, 0.25) is 0 Å². The van der Waals surface area contributed by atoms with Gasteiger partial charge in [-0.15, -0.1) is 0 Å². The van der Waals surface area contributed by atoms with Crippen molar-refractivity contribution >= 4 is 17.4 Å². The molecule has 0 spiro atoms. The average molecular weight is 505 g/mol. The number of hydrogen-bond acceptors (Lipinski definition) is 2. The van der Waals surface area contributed by atoms with E-state index in [1.165, 1.54) is 49.4 Å². The van der Waals surface area contributed by atoms with Gasteiger partial charge in [0.1, 0.15) is 0 Å². The lowest BCUT2D eigenvalue weighted by Gasteiger charge is -2.35. The van der Waals surface area contributed by atoms with E-state index in [1.54, 1.807) is 0 Å². The first-order valence-electron chi connectivity index (χ1n) is 14.1. The zero-order chi connectivity index (χ0) is 26.2. The lowest BCUT2D eigenvalue weighted by Crippen LogP contribution is -2.40. The molecule has 39 heavy (non-hydrogen) atoms. The van der Waals surface area contributed by atoms with Crippen LogP contribution >= 0.6 is 0 Å². The second-order valence-electron chi connectivity index (χ2n) is 10.9. The van der Waals surface area contributed by atoms with Crippen LogP contribution in [0.3, 0.4) is 0 Å². The minimum Gasteiger partial charge on any atom is -0.269 e. The summed E-state index contributed by atoms with van der Waals surface area (Å²) in [6.07, 6.45) is 26.5. The van der Waals surface area contributed by atoms with E-state index in [-0.39, 0.29) is 0 Å². The zero-order valence-corrected chi connectivity index (χ0v) is 22.2. The topological polar surface area (TPSA) is 25.2 Å². The predicted octanol–water partition coefficient (Wildman–Crippen LogP) is 6.97. The molecule has 0 fully saturated rings. The van der Waals surface area contributed by atoms with Gasteiger partial charge in [0.05, 0.1) is 0 Å². The number of benzene rings is 2. The van der Waals surface area contributed by atoms with Crippen LogP contribution < -0.4 is 10.4 Å². The SMILES string of the molecule is CC1C=NC=CC1C1=CCCC(C2=c3ccccc3=C(c3cccc(-c4ccncc4)c3)C3C=CC=CC23)=C1. The highest BCUT2D eigenvalue weighted by atomic mass is 14.7. The summed E-state index contributed by atoms with van der Waals surface area (Å²) in [4.78, 5) is 8.59. The molecule has 2 aromatic carbocycles. The molecule has 3 aliphatic carbocycles. The van der Waals surface area contributed by atoms with Crippen LogP contribution in [0.5, 0.6) is 0 Å². The highest BCUT2D eigenvalue weighted by molar-refractivity contribution is 5.82. The Kier molecular flexibility index (Phi) is 6.17. The van der Waals surface area contributed by atoms with Gasteiger partial charge in [0.15, 0.2) is 0 Å². The maximum Gasteiger partial charge on any atom is 0.0273 e. The number of rotatable bonds is 4.